The van der Waals surface area contributed by atoms with E-state index in [-0.39, 0.29) is 0 Å². The first-order chi connectivity index (χ1) is 16.3. The molecular weight excluding hydrogens is 467 g/mol. The second-order valence-electron chi connectivity index (χ2n) is 9.80. The number of aryl methyl sites for hydroxylation is 3. The molecule has 0 aliphatic rings. The highest BCUT2D eigenvalue weighted by molar-refractivity contribution is 8.00. The van der Waals surface area contributed by atoms with Gasteiger partial charge >= 0.3 is 0 Å². The summed E-state index contributed by atoms with van der Waals surface area (Å²) < 4.78 is 0. The zero-order valence-electron chi connectivity index (χ0n) is 21.6. The summed E-state index contributed by atoms with van der Waals surface area (Å²) in [5.74, 6) is 0. The van der Waals surface area contributed by atoms with E-state index in [0.717, 1.165) is 0 Å². The fraction of sp³-hybridized carbons (Fsp3) is 0.400. The first-order valence-electron chi connectivity index (χ1n) is 12.5. The lowest BCUT2D eigenvalue weighted by Gasteiger charge is -2.24. The summed E-state index contributed by atoms with van der Waals surface area (Å²) in [6.07, 6.45) is 3.78. The Morgan fingerprint density at radius 3 is 0.941 bits per heavy atom. The SMILES string of the molecule is Cc1ccc(SC(C)CB(CC(C)Sc2ccc(C)cc2)CC(C)Sc2ccc(C)cc2)cc1. The molecule has 0 spiro atoms. The van der Waals surface area contributed by atoms with Crippen LogP contribution in [0.2, 0.25) is 19.0 Å². The van der Waals surface area contributed by atoms with E-state index < -0.39 is 0 Å². The molecule has 0 heterocycles. The summed E-state index contributed by atoms with van der Waals surface area (Å²) >= 11 is 6.10. The molecule has 0 aliphatic heterocycles. The Morgan fingerprint density at radius 1 is 0.471 bits per heavy atom. The lowest BCUT2D eigenvalue weighted by Crippen LogP contribution is -2.24. The van der Waals surface area contributed by atoms with Gasteiger partial charge in [-0.15, -0.1) is 35.3 Å². The minimum Gasteiger partial charge on any atom is -0.124 e. The van der Waals surface area contributed by atoms with Crippen LogP contribution in [0.25, 0.3) is 0 Å². The van der Waals surface area contributed by atoms with Gasteiger partial charge in [-0.1, -0.05) is 92.8 Å². The molecule has 3 aromatic carbocycles. The van der Waals surface area contributed by atoms with Crippen molar-refractivity contribution in [2.24, 2.45) is 0 Å². The molecule has 0 saturated carbocycles. The van der Waals surface area contributed by atoms with Crippen molar-refractivity contribution in [1.29, 1.82) is 0 Å². The first-order valence-corrected chi connectivity index (χ1v) is 15.1. The molecule has 3 atom stereocenters. The van der Waals surface area contributed by atoms with Gasteiger partial charge < -0.3 is 0 Å². The van der Waals surface area contributed by atoms with Crippen molar-refractivity contribution < 1.29 is 0 Å². The average molecular weight is 507 g/mol. The molecule has 4 heteroatoms. The van der Waals surface area contributed by atoms with Gasteiger partial charge in [0.25, 0.3) is 0 Å². The summed E-state index contributed by atoms with van der Waals surface area (Å²) in [7, 11) is 0. The van der Waals surface area contributed by atoms with Gasteiger partial charge in [0, 0.05) is 30.4 Å². The van der Waals surface area contributed by atoms with Crippen LogP contribution >= 0.6 is 35.3 Å². The summed E-state index contributed by atoms with van der Waals surface area (Å²) in [6, 6.07) is 27.0. The van der Waals surface area contributed by atoms with E-state index in [1.807, 2.05) is 35.3 Å². The maximum atomic E-state index is 2.41. The maximum Gasteiger partial charge on any atom is 0.143 e. The van der Waals surface area contributed by atoms with Crippen molar-refractivity contribution in [3.05, 3.63) is 89.5 Å². The van der Waals surface area contributed by atoms with Crippen LogP contribution in [0, 0.1) is 20.8 Å². The third-order valence-electron chi connectivity index (χ3n) is 6.07. The second-order valence-corrected chi connectivity index (χ2v) is 14.3. The summed E-state index contributed by atoms with van der Waals surface area (Å²) in [5.41, 5.74) is 4.00. The van der Waals surface area contributed by atoms with Crippen LogP contribution in [-0.2, 0) is 0 Å². The van der Waals surface area contributed by atoms with Gasteiger partial charge in [0.05, 0.1) is 0 Å². The average Bonchev–Trinajstić information content (AvgIpc) is 2.78. The standard InChI is InChI=1S/C30H39BS3/c1-22-7-13-28(14-8-22)32-25(4)19-31(20-26(5)33-29-15-9-23(2)10-16-29)21-27(6)34-30-17-11-24(3)12-18-30/h7-18,25-27H,19-21H2,1-6H3. The van der Waals surface area contributed by atoms with E-state index >= 15 is 0 Å². The highest BCUT2D eigenvalue weighted by Crippen LogP contribution is 2.35. The maximum absolute atomic E-state index is 2.41. The Bertz CT molecular complexity index is 851. The van der Waals surface area contributed by atoms with E-state index in [4.69, 9.17) is 0 Å². The van der Waals surface area contributed by atoms with Crippen LogP contribution in [-0.4, -0.2) is 22.5 Å². The van der Waals surface area contributed by atoms with Gasteiger partial charge in [-0.3, -0.25) is 0 Å². The minimum absolute atomic E-state index is 0.612. The van der Waals surface area contributed by atoms with E-state index in [9.17, 15) is 0 Å². The summed E-state index contributed by atoms with van der Waals surface area (Å²) in [4.78, 5) is 4.17. The topological polar surface area (TPSA) is 0 Å². The van der Waals surface area contributed by atoms with E-state index in [0.29, 0.717) is 22.5 Å². The van der Waals surface area contributed by atoms with Crippen molar-refractivity contribution in [2.75, 3.05) is 0 Å². The van der Waals surface area contributed by atoms with E-state index in [1.54, 1.807) is 0 Å². The summed E-state index contributed by atoms with van der Waals surface area (Å²) in [6.45, 7) is 14.4. The van der Waals surface area contributed by atoms with Crippen molar-refractivity contribution >= 4 is 42.0 Å². The molecule has 0 N–H and O–H groups in total. The predicted molar refractivity (Wildman–Crippen MR) is 160 cm³/mol. The Hall–Kier alpha value is -1.23. The molecule has 3 unspecified atom stereocenters. The third kappa shape index (κ3) is 9.80. The van der Waals surface area contributed by atoms with Gasteiger partial charge in [-0.25, -0.2) is 0 Å². The molecule has 0 fully saturated rings. The fourth-order valence-electron chi connectivity index (χ4n) is 4.39. The van der Waals surface area contributed by atoms with Crippen molar-refractivity contribution in [3.63, 3.8) is 0 Å². The predicted octanol–water partition coefficient (Wildman–Crippen LogP) is 9.95. The van der Waals surface area contributed by atoms with Crippen LogP contribution in [0.1, 0.15) is 37.5 Å². The molecule has 0 nitrogen and oxygen atoms in total. The van der Waals surface area contributed by atoms with Crippen LogP contribution in [0.15, 0.2) is 87.5 Å². The van der Waals surface area contributed by atoms with Gasteiger partial charge in [-0.05, 0) is 57.2 Å². The number of hydrogen-bond donors (Lipinski definition) is 0. The number of benzene rings is 3. The zero-order chi connectivity index (χ0) is 24.5. The van der Waals surface area contributed by atoms with Gasteiger partial charge in [0.2, 0.25) is 0 Å². The highest BCUT2D eigenvalue weighted by Gasteiger charge is 2.24. The lowest BCUT2D eigenvalue weighted by molar-refractivity contribution is 0.979. The largest absolute Gasteiger partial charge is 0.143 e. The third-order valence-corrected chi connectivity index (χ3v) is 9.49. The van der Waals surface area contributed by atoms with Crippen LogP contribution in [0.3, 0.4) is 0 Å². The Labute approximate surface area is 221 Å². The monoisotopic (exact) mass is 506 g/mol. The molecule has 3 rings (SSSR count). The molecule has 34 heavy (non-hydrogen) atoms. The first kappa shape index (κ1) is 27.4. The Balaban J connectivity index is 1.62. The molecule has 0 radical (unpaired) electrons. The van der Waals surface area contributed by atoms with Gasteiger partial charge in [0.1, 0.15) is 6.71 Å². The quantitative estimate of drug-likeness (QED) is 0.177. The molecule has 0 amide bonds. The van der Waals surface area contributed by atoms with Crippen LogP contribution < -0.4 is 0 Å². The Morgan fingerprint density at radius 2 is 0.706 bits per heavy atom. The van der Waals surface area contributed by atoms with Crippen LogP contribution in [0.4, 0.5) is 0 Å². The van der Waals surface area contributed by atoms with Crippen molar-refractivity contribution in [3.8, 4) is 0 Å². The molecular formula is C30H39BS3. The molecule has 0 aromatic heterocycles. The van der Waals surface area contributed by atoms with E-state index in [1.165, 1.54) is 50.3 Å². The van der Waals surface area contributed by atoms with Crippen molar-refractivity contribution in [1.82, 2.24) is 0 Å². The zero-order valence-corrected chi connectivity index (χ0v) is 24.0. The van der Waals surface area contributed by atoms with Crippen LogP contribution in [0.5, 0.6) is 0 Å². The molecule has 0 saturated heterocycles. The minimum atomic E-state index is 0.612. The van der Waals surface area contributed by atoms with Gasteiger partial charge in [-0.2, -0.15) is 0 Å². The number of hydrogen-bond acceptors (Lipinski definition) is 3. The number of thioether (sulfide) groups is 3. The number of rotatable bonds is 12. The molecule has 3 aromatic rings. The normalized spacial score (nSPS) is 13.9. The molecule has 0 bridgehead atoms. The van der Waals surface area contributed by atoms with Crippen molar-refractivity contribution in [2.45, 2.75) is 90.9 Å². The Kier molecular flexibility index (Phi) is 11.1. The summed E-state index contributed by atoms with van der Waals surface area (Å²) in [5, 5.41) is 1.84. The fourth-order valence-corrected chi connectivity index (χ4v) is 7.77. The molecule has 0 aliphatic carbocycles. The van der Waals surface area contributed by atoms with E-state index in [2.05, 4.69) is 114 Å². The highest BCUT2D eigenvalue weighted by atomic mass is 32.2. The lowest BCUT2D eigenvalue weighted by atomic mass is 9.41. The smallest absolute Gasteiger partial charge is 0.124 e. The molecule has 180 valence electrons. The second kappa shape index (κ2) is 13.8. The van der Waals surface area contributed by atoms with Gasteiger partial charge in [0.15, 0.2) is 0 Å².